The summed E-state index contributed by atoms with van der Waals surface area (Å²) in [6.45, 7) is 1.60. The Balaban J connectivity index is 1.80. The molecule has 5 nitrogen and oxygen atoms in total. The van der Waals surface area contributed by atoms with Gasteiger partial charge in [0.1, 0.15) is 0 Å². The Morgan fingerprint density at radius 2 is 1.95 bits per heavy atom. The number of carbonyl (C=O) groups excluding carboxylic acids is 2. The van der Waals surface area contributed by atoms with Gasteiger partial charge in [-0.15, -0.1) is 0 Å². The molecule has 2 rings (SSSR count). The maximum absolute atomic E-state index is 13.1. The average molecular weight is 312 g/mol. The van der Waals surface area contributed by atoms with E-state index in [0.717, 1.165) is 25.0 Å². The summed E-state index contributed by atoms with van der Waals surface area (Å²) in [4.78, 5) is 24.9. The quantitative estimate of drug-likeness (QED) is 0.930. The third-order valence-corrected chi connectivity index (χ3v) is 3.78. The van der Waals surface area contributed by atoms with E-state index in [2.05, 4.69) is 10.1 Å². The molecule has 0 radical (unpaired) electrons. The van der Waals surface area contributed by atoms with Crippen molar-refractivity contribution >= 4 is 12.0 Å². The number of halogens is 2. The highest BCUT2D eigenvalue weighted by molar-refractivity contribution is 5.94. The van der Waals surface area contributed by atoms with Crippen molar-refractivity contribution in [2.75, 3.05) is 26.7 Å². The van der Waals surface area contributed by atoms with Gasteiger partial charge < -0.3 is 15.0 Å². The lowest BCUT2D eigenvalue weighted by Crippen LogP contribution is -2.41. The summed E-state index contributed by atoms with van der Waals surface area (Å²) in [6, 6.07) is 3.05. The number of carbonyl (C=O) groups is 2. The summed E-state index contributed by atoms with van der Waals surface area (Å²) >= 11 is 0. The van der Waals surface area contributed by atoms with Gasteiger partial charge in [0, 0.05) is 25.2 Å². The van der Waals surface area contributed by atoms with Crippen molar-refractivity contribution in [1.82, 2.24) is 10.2 Å². The molecule has 1 aromatic carbocycles. The highest BCUT2D eigenvalue weighted by atomic mass is 19.2. The molecule has 1 aliphatic rings. The smallest absolute Gasteiger partial charge is 0.409 e. The number of hydrogen-bond donors (Lipinski definition) is 1. The van der Waals surface area contributed by atoms with Crippen molar-refractivity contribution in [3.63, 3.8) is 0 Å². The Morgan fingerprint density at radius 3 is 2.55 bits per heavy atom. The molecule has 0 unspecified atom stereocenters. The topological polar surface area (TPSA) is 58.6 Å². The van der Waals surface area contributed by atoms with E-state index < -0.39 is 17.5 Å². The second-order valence-electron chi connectivity index (χ2n) is 5.24. The fourth-order valence-electron chi connectivity index (χ4n) is 2.43. The first kappa shape index (κ1) is 16.2. The molecule has 0 aliphatic carbocycles. The second kappa shape index (κ2) is 7.20. The van der Waals surface area contributed by atoms with Crippen LogP contribution in [0.1, 0.15) is 23.2 Å². The highest BCUT2D eigenvalue weighted by Gasteiger charge is 2.23. The Hall–Kier alpha value is -2.18. The van der Waals surface area contributed by atoms with Crippen molar-refractivity contribution in [2.24, 2.45) is 5.92 Å². The summed E-state index contributed by atoms with van der Waals surface area (Å²) in [5, 5.41) is 2.71. The molecule has 22 heavy (non-hydrogen) atoms. The number of ether oxygens (including phenoxy) is 1. The third kappa shape index (κ3) is 3.93. The van der Waals surface area contributed by atoms with Gasteiger partial charge >= 0.3 is 6.09 Å². The average Bonchev–Trinajstić information content (AvgIpc) is 2.54. The van der Waals surface area contributed by atoms with Crippen LogP contribution in [0, 0.1) is 17.6 Å². The molecule has 0 aromatic heterocycles. The minimum atomic E-state index is -1.04. The van der Waals surface area contributed by atoms with E-state index in [1.54, 1.807) is 4.90 Å². The van der Waals surface area contributed by atoms with E-state index in [0.29, 0.717) is 19.6 Å². The SMILES string of the molecule is COC(=O)N1CCC(CNC(=O)c2ccc(F)c(F)c2)CC1. The van der Waals surface area contributed by atoms with Gasteiger partial charge in [-0.1, -0.05) is 0 Å². The number of methoxy groups -OCH3 is 1. The minimum absolute atomic E-state index is 0.0888. The zero-order chi connectivity index (χ0) is 16.1. The van der Waals surface area contributed by atoms with E-state index in [1.165, 1.54) is 13.2 Å². The molecule has 1 N–H and O–H groups in total. The Kier molecular flexibility index (Phi) is 5.30. The predicted octanol–water partition coefficient (Wildman–Crippen LogP) is 2.17. The van der Waals surface area contributed by atoms with Crippen LogP contribution < -0.4 is 5.32 Å². The molecule has 0 bridgehead atoms. The molecular weight excluding hydrogens is 294 g/mol. The summed E-state index contributed by atoms with van der Waals surface area (Å²) in [6.07, 6.45) is 1.17. The highest BCUT2D eigenvalue weighted by Crippen LogP contribution is 2.17. The lowest BCUT2D eigenvalue weighted by Gasteiger charge is -2.30. The minimum Gasteiger partial charge on any atom is -0.453 e. The zero-order valence-corrected chi connectivity index (χ0v) is 12.3. The van der Waals surface area contributed by atoms with Crippen LogP contribution in [0.3, 0.4) is 0 Å². The van der Waals surface area contributed by atoms with Crippen LogP contribution in [0.2, 0.25) is 0 Å². The van der Waals surface area contributed by atoms with Crippen LogP contribution in [0.15, 0.2) is 18.2 Å². The molecule has 1 saturated heterocycles. The molecular formula is C15H18F2N2O3. The van der Waals surface area contributed by atoms with Gasteiger partial charge in [-0.25, -0.2) is 13.6 Å². The van der Waals surface area contributed by atoms with Gasteiger partial charge in [0.15, 0.2) is 11.6 Å². The van der Waals surface area contributed by atoms with Gasteiger partial charge in [-0.3, -0.25) is 4.79 Å². The molecule has 1 fully saturated rings. The number of amides is 2. The van der Waals surface area contributed by atoms with Crippen molar-refractivity contribution in [1.29, 1.82) is 0 Å². The maximum atomic E-state index is 13.1. The fraction of sp³-hybridized carbons (Fsp3) is 0.467. The summed E-state index contributed by atoms with van der Waals surface area (Å²) < 4.78 is 30.6. The van der Waals surface area contributed by atoms with Crippen LogP contribution in [-0.4, -0.2) is 43.6 Å². The van der Waals surface area contributed by atoms with Gasteiger partial charge in [0.05, 0.1) is 7.11 Å². The number of piperidine rings is 1. The number of hydrogen-bond acceptors (Lipinski definition) is 3. The third-order valence-electron chi connectivity index (χ3n) is 3.78. The number of rotatable bonds is 3. The molecule has 2 amide bonds. The molecule has 7 heteroatoms. The lowest BCUT2D eigenvalue weighted by molar-refractivity contribution is 0.0913. The van der Waals surface area contributed by atoms with E-state index in [1.807, 2.05) is 0 Å². The molecule has 1 heterocycles. The largest absolute Gasteiger partial charge is 0.453 e. The molecule has 120 valence electrons. The maximum Gasteiger partial charge on any atom is 0.409 e. The normalized spacial score (nSPS) is 15.5. The second-order valence-corrected chi connectivity index (χ2v) is 5.24. The Bertz CT molecular complexity index is 558. The monoisotopic (exact) mass is 312 g/mol. The van der Waals surface area contributed by atoms with Crippen LogP contribution in [0.5, 0.6) is 0 Å². The lowest BCUT2D eigenvalue weighted by atomic mass is 9.97. The Morgan fingerprint density at radius 1 is 1.27 bits per heavy atom. The van der Waals surface area contributed by atoms with Gasteiger partial charge in [-0.2, -0.15) is 0 Å². The first-order valence-electron chi connectivity index (χ1n) is 7.07. The predicted molar refractivity (Wildman–Crippen MR) is 75.4 cm³/mol. The van der Waals surface area contributed by atoms with E-state index in [-0.39, 0.29) is 17.6 Å². The molecule has 0 spiro atoms. The molecule has 0 saturated carbocycles. The van der Waals surface area contributed by atoms with E-state index in [9.17, 15) is 18.4 Å². The van der Waals surface area contributed by atoms with Crippen molar-refractivity contribution < 1.29 is 23.1 Å². The van der Waals surface area contributed by atoms with Gasteiger partial charge in [-0.05, 0) is 37.0 Å². The summed E-state index contributed by atoms with van der Waals surface area (Å²) in [5.74, 6) is -2.21. The fourth-order valence-corrected chi connectivity index (χ4v) is 2.43. The van der Waals surface area contributed by atoms with Crippen LogP contribution in [-0.2, 0) is 4.74 Å². The first-order valence-corrected chi connectivity index (χ1v) is 7.07. The zero-order valence-electron chi connectivity index (χ0n) is 12.3. The Labute approximate surface area is 127 Å². The standard InChI is InChI=1S/C15H18F2N2O3/c1-22-15(21)19-6-4-10(5-7-19)9-18-14(20)11-2-3-12(16)13(17)8-11/h2-3,8,10H,4-7,9H2,1H3,(H,18,20). The summed E-state index contributed by atoms with van der Waals surface area (Å²) in [7, 11) is 1.34. The van der Waals surface area contributed by atoms with Crippen molar-refractivity contribution in [3.05, 3.63) is 35.4 Å². The molecule has 0 atom stereocenters. The number of nitrogens with one attached hydrogen (secondary N) is 1. The number of nitrogens with zero attached hydrogens (tertiary/aromatic N) is 1. The van der Waals surface area contributed by atoms with E-state index >= 15 is 0 Å². The van der Waals surface area contributed by atoms with Gasteiger partial charge in [0.2, 0.25) is 0 Å². The van der Waals surface area contributed by atoms with Crippen LogP contribution >= 0.6 is 0 Å². The number of likely N-dealkylation sites (tertiary alicyclic amines) is 1. The van der Waals surface area contributed by atoms with E-state index in [4.69, 9.17) is 0 Å². The van der Waals surface area contributed by atoms with Crippen LogP contribution in [0.4, 0.5) is 13.6 Å². The molecule has 1 aromatic rings. The summed E-state index contributed by atoms with van der Waals surface area (Å²) in [5.41, 5.74) is 0.0888. The van der Waals surface area contributed by atoms with Crippen molar-refractivity contribution in [2.45, 2.75) is 12.8 Å². The number of benzene rings is 1. The van der Waals surface area contributed by atoms with Crippen LogP contribution in [0.25, 0.3) is 0 Å². The van der Waals surface area contributed by atoms with Crippen molar-refractivity contribution in [3.8, 4) is 0 Å². The molecule has 1 aliphatic heterocycles. The first-order chi connectivity index (χ1) is 10.5. The van der Waals surface area contributed by atoms with Gasteiger partial charge in [0.25, 0.3) is 5.91 Å².